The molecule has 84 valence electrons. The second-order valence-electron chi connectivity index (χ2n) is 4.19. The highest BCUT2D eigenvalue weighted by Crippen LogP contribution is 2.27. The Morgan fingerprint density at radius 3 is 3.12 bits per heavy atom. The van der Waals surface area contributed by atoms with Crippen LogP contribution in [0.3, 0.4) is 0 Å². The topological polar surface area (TPSA) is 55.3 Å². The van der Waals surface area contributed by atoms with Crippen LogP contribution in [0.2, 0.25) is 0 Å². The molecule has 0 radical (unpaired) electrons. The Labute approximate surface area is 94.0 Å². The van der Waals surface area contributed by atoms with E-state index < -0.39 is 0 Å². The summed E-state index contributed by atoms with van der Waals surface area (Å²) in [6.07, 6.45) is 2.30. The summed E-state index contributed by atoms with van der Waals surface area (Å²) < 4.78 is 5.74. The Morgan fingerprint density at radius 1 is 1.44 bits per heavy atom. The van der Waals surface area contributed by atoms with Crippen molar-refractivity contribution in [2.24, 2.45) is 5.73 Å². The van der Waals surface area contributed by atoms with Crippen LogP contribution < -0.4 is 10.6 Å². The van der Waals surface area contributed by atoms with E-state index in [-0.39, 0.29) is 0 Å². The van der Waals surface area contributed by atoms with E-state index in [9.17, 15) is 0 Å². The van der Waals surface area contributed by atoms with Gasteiger partial charge in [0.25, 0.3) is 6.01 Å². The van der Waals surface area contributed by atoms with Crippen molar-refractivity contribution in [1.29, 1.82) is 0 Å². The first kappa shape index (κ1) is 9.66. The first-order valence-corrected chi connectivity index (χ1v) is 5.71. The third-order valence-electron chi connectivity index (χ3n) is 3.18. The number of nitrogens with zero attached hydrogens (tertiary/aromatic N) is 2. The second kappa shape index (κ2) is 3.79. The van der Waals surface area contributed by atoms with E-state index in [0.717, 1.165) is 24.1 Å². The summed E-state index contributed by atoms with van der Waals surface area (Å²) in [7, 11) is 0. The minimum atomic E-state index is 0.382. The molecule has 4 nitrogen and oxygen atoms in total. The van der Waals surface area contributed by atoms with Crippen LogP contribution in [0, 0.1) is 0 Å². The van der Waals surface area contributed by atoms with Crippen LogP contribution in [0.15, 0.2) is 28.7 Å². The predicted molar refractivity (Wildman–Crippen MR) is 63.4 cm³/mol. The van der Waals surface area contributed by atoms with Crippen LogP contribution in [-0.2, 0) is 0 Å². The van der Waals surface area contributed by atoms with E-state index in [1.807, 2.05) is 24.3 Å². The minimum Gasteiger partial charge on any atom is -0.423 e. The van der Waals surface area contributed by atoms with Crippen molar-refractivity contribution in [3.05, 3.63) is 24.3 Å². The average Bonchev–Trinajstić information content (AvgIpc) is 2.94. The number of hydrogen-bond donors (Lipinski definition) is 1. The molecule has 1 aromatic carbocycles. The van der Waals surface area contributed by atoms with Crippen molar-refractivity contribution in [3.63, 3.8) is 0 Å². The van der Waals surface area contributed by atoms with Gasteiger partial charge in [-0.3, -0.25) is 0 Å². The Kier molecular flexibility index (Phi) is 2.29. The van der Waals surface area contributed by atoms with Crippen LogP contribution in [0.1, 0.15) is 12.8 Å². The molecule has 1 fully saturated rings. The summed E-state index contributed by atoms with van der Waals surface area (Å²) in [5.41, 5.74) is 7.51. The molecule has 16 heavy (non-hydrogen) atoms. The third-order valence-corrected chi connectivity index (χ3v) is 3.18. The predicted octanol–water partition coefficient (Wildman–Crippen LogP) is 1.76. The number of fused-ring (bicyclic) bond motifs is 1. The highest BCUT2D eigenvalue weighted by atomic mass is 16.4. The highest BCUT2D eigenvalue weighted by molar-refractivity contribution is 5.74. The Balaban J connectivity index is 1.99. The van der Waals surface area contributed by atoms with Gasteiger partial charge in [-0.1, -0.05) is 12.1 Å². The smallest absolute Gasteiger partial charge is 0.298 e. The number of hydrogen-bond acceptors (Lipinski definition) is 4. The van der Waals surface area contributed by atoms with Crippen LogP contribution in [0.25, 0.3) is 11.1 Å². The monoisotopic (exact) mass is 217 g/mol. The summed E-state index contributed by atoms with van der Waals surface area (Å²) in [5.74, 6) is 0. The number of nitrogens with two attached hydrogens (primary N) is 1. The largest absolute Gasteiger partial charge is 0.423 e. The van der Waals surface area contributed by atoms with E-state index in [1.165, 1.54) is 6.42 Å². The lowest BCUT2D eigenvalue weighted by Gasteiger charge is -2.20. The molecule has 1 aliphatic rings. The zero-order valence-electron chi connectivity index (χ0n) is 9.10. The van der Waals surface area contributed by atoms with Crippen LogP contribution in [0.5, 0.6) is 0 Å². The SMILES string of the molecule is NCC1CCCN1c1nc2ccccc2o1. The van der Waals surface area contributed by atoms with Gasteiger partial charge in [0.05, 0.1) is 0 Å². The zero-order valence-corrected chi connectivity index (χ0v) is 9.10. The van der Waals surface area contributed by atoms with E-state index in [2.05, 4.69) is 9.88 Å². The Morgan fingerprint density at radius 2 is 2.31 bits per heavy atom. The molecule has 0 saturated carbocycles. The fourth-order valence-electron chi connectivity index (χ4n) is 2.32. The molecule has 2 N–H and O–H groups in total. The van der Waals surface area contributed by atoms with Gasteiger partial charge in [0.2, 0.25) is 0 Å². The summed E-state index contributed by atoms with van der Waals surface area (Å²) in [4.78, 5) is 6.68. The fourth-order valence-corrected chi connectivity index (χ4v) is 2.32. The van der Waals surface area contributed by atoms with Crippen LogP contribution >= 0.6 is 0 Å². The van der Waals surface area contributed by atoms with E-state index in [0.29, 0.717) is 18.6 Å². The molecule has 0 bridgehead atoms. The van der Waals surface area contributed by atoms with Gasteiger partial charge < -0.3 is 15.1 Å². The Hall–Kier alpha value is -1.55. The average molecular weight is 217 g/mol. The molecule has 3 rings (SSSR count). The van der Waals surface area contributed by atoms with Gasteiger partial charge in [0, 0.05) is 19.1 Å². The molecule has 4 heteroatoms. The third kappa shape index (κ3) is 1.46. The maximum absolute atomic E-state index is 5.74. The van der Waals surface area contributed by atoms with Gasteiger partial charge in [-0.15, -0.1) is 0 Å². The lowest BCUT2D eigenvalue weighted by atomic mass is 10.2. The van der Waals surface area contributed by atoms with Crippen molar-refractivity contribution in [2.75, 3.05) is 18.0 Å². The molecule has 1 aromatic heterocycles. The van der Waals surface area contributed by atoms with E-state index in [4.69, 9.17) is 10.2 Å². The maximum Gasteiger partial charge on any atom is 0.298 e. The molecular formula is C12H15N3O. The van der Waals surface area contributed by atoms with Crippen LogP contribution in [0.4, 0.5) is 6.01 Å². The minimum absolute atomic E-state index is 0.382. The number of aromatic nitrogens is 1. The van der Waals surface area contributed by atoms with Crippen molar-refractivity contribution in [1.82, 2.24) is 4.98 Å². The molecule has 2 aromatic rings. The van der Waals surface area contributed by atoms with Gasteiger partial charge in [0.15, 0.2) is 5.58 Å². The fraction of sp³-hybridized carbons (Fsp3) is 0.417. The molecule has 1 aliphatic heterocycles. The molecule has 1 atom stereocenters. The number of oxazole rings is 1. The molecule has 0 spiro atoms. The maximum atomic E-state index is 5.74. The molecule has 1 unspecified atom stereocenters. The number of benzene rings is 1. The lowest BCUT2D eigenvalue weighted by molar-refractivity contribution is 0.551. The summed E-state index contributed by atoms with van der Waals surface area (Å²) in [6.45, 7) is 1.66. The molecular weight excluding hydrogens is 202 g/mol. The van der Waals surface area contributed by atoms with Gasteiger partial charge in [-0.2, -0.15) is 4.98 Å². The zero-order chi connectivity index (χ0) is 11.0. The first-order chi connectivity index (χ1) is 7.88. The second-order valence-corrected chi connectivity index (χ2v) is 4.19. The molecule has 2 heterocycles. The summed E-state index contributed by atoms with van der Waals surface area (Å²) in [6, 6.07) is 8.94. The Bertz CT molecular complexity index is 461. The van der Waals surface area contributed by atoms with E-state index in [1.54, 1.807) is 0 Å². The highest BCUT2D eigenvalue weighted by Gasteiger charge is 2.26. The van der Waals surface area contributed by atoms with E-state index >= 15 is 0 Å². The standard InChI is InChI=1S/C12H15N3O/c13-8-9-4-3-7-15(9)12-14-10-5-1-2-6-11(10)16-12/h1-2,5-6,9H,3-4,7-8,13H2. The normalized spacial score (nSPS) is 20.8. The summed E-state index contributed by atoms with van der Waals surface area (Å²) >= 11 is 0. The first-order valence-electron chi connectivity index (χ1n) is 5.71. The molecule has 0 amide bonds. The van der Waals surface area contributed by atoms with Crippen molar-refractivity contribution >= 4 is 17.1 Å². The van der Waals surface area contributed by atoms with Gasteiger partial charge in [0.1, 0.15) is 5.52 Å². The number of rotatable bonds is 2. The van der Waals surface area contributed by atoms with Crippen molar-refractivity contribution < 1.29 is 4.42 Å². The summed E-state index contributed by atoms with van der Waals surface area (Å²) in [5, 5.41) is 0. The van der Waals surface area contributed by atoms with Crippen molar-refractivity contribution in [3.8, 4) is 0 Å². The lowest BCUT2D eigenvalue weighted by Crippen LogP contribution is -2.35. The van der Waals surface area contributed by atoms with Crippen LogP contribution in [-0.4, -0.2) is 24.1 Å². The van der Waals surface area contributed by atoms with Gasteiger partial charge in [-0.05, 0) is 25.0 Å². The number of anilines is 1. The molecule has 0 aliphatic carbocycles. The van der Waals surface area contributed by atoms with Crippen molar-refractivity contribution in [2.45, 2.75) is 18.9 Å². The van der Waals surface area contributed by atoms with Gasteiger partial charge >= 0.3 is 0 Å². The molecule has 1 saturated heterocycles. The number of para-hydroxylation sites is 2. The van der Waals surface area contributed by atoms with Gasteiger partial charge in [-0.25, -0.2) is 0 Å². The quantitative estimate of drug-likeness (QED) is 0.832.